The molecule has 5 rings (SSSR count). The van der Waals surface area contributed by atoms with Gasteiger partial charge in [-0.05, 0) is 29.8 Å². The molecule has 4 aromatic rings. The Hall–Kier alpha value is -4.33. The van der Waals surface area contributed by atoms with Crippen molar-refractivity contribution in [3.05, 3.63) is 100 Å². The molecule has 0 spiro atoms. The number of amides is 2. The lowest BCUT2D eigenvalue weighted by Crippen LogP contribution is -2.36. The Bertz CT molecular complexity index is 1400. The summed E-state index contributed by atoms with van der Waals surface area (Å²) in [7, 11) is 0. The summed E-state index contributed by atoms with van der Waals surface area (Å²) in [5.74, 6) is 0.651. The molecule has 0 saturated carbocycles. The molecule has 0 unspecified atom stereocenters. The number of halogens is 1. The molecule has 1 aliphatic rings. The molecule has 0 atom stereocenters. The molecule has 0 fully saturated rings. The van der Waals surface area contributed by atoms with Gasteiger partial charge in [0.2, 0.25) is 0 Å². The zero-order chi connectivity index (χ0) is 23.5. The molecule has 172 valence electrons. The number of rotatable bonds is 5. The highest BCUT2D eigenvalue weighted by molar-refractivity contribution is 5.89. The van der Waals surface area contributed by atoms with Crippen LogP contribution in [0, 0.1) is 5.82 Å². The highest BCUT2D eigenvalue weighted by atomic mass is 19.1. The number of aromatic nitrogens is 1. The van der Waals surface area contributed by atoms with E-state index in [9.17, 15) is 14.0 Å². The largest absolute Gasteiger partial charge is 0.486 e. The molecule has 3 aromatic carbocycles. The van der Waals surface area contributed by atoms with Crippen LogP contribution in [-0.2, 0) is 13.1 Å². The Labute approximate surface area is 194 Å². The molecule has 0 saturated heterocycles. The number of urea groups is 1. The van der Waals surface area contributed by atoms with Crippen LogP contribution in [-0.4, -0.2) is 29.1 Å². The number of pyridine rings is 1. The molecule has 2 N–H and O–H groups in total. The van der Waals surface area contributed by atoms with Gasteiger partial charge in [-0.15, -0.1) is 0 Å². The van der Waals surface area contributed by atoms with Crippen LogP contribution in [0.1, 0.15) is 11.1 Å². The third-order valence-electron chi connectivity index (χ3n) is 5.56. The van der Waals surface area contributed by atoms with E-state index < -0.39 is 11.8 Å². The summed E-state index contributed by atoms with van der Waals surface area (Å²) in [5, 5.41) is 3.37. The van der Waals surface area contributed by atoms with Crippen molar-refractivity contribution in [2.45, 2.75) is 13.1 Å². The normalized spacial score (nSPS) is 12.4. The standard InChI is InChI=1S/C26H22FN3O4/c27-20-8-4-5-9-21(20)29-26(32)30(15-17-6-2-1-3-7-17)16-19-12-18-13-23-24(34-11-10-33-23)14-22(18)28-25(19)31/h1-9,12-14H,10-11,15-16H2,(H,28,31)(H,29,32). The first-order valence-corrected chi connectivity index (χ1v) is 10.9. The minimum absolute atomic E-state index is 0.0227. The summed E-state index contributed by atoms with van der Waals surface area (Å²) in [6, 6.07) is 20.1. The third kappa shape index (κ3) is 4.56. The van der Waals surface area contributed by atoms with Gasteiger partial charge in [0.15, 0.2) is 11.5 Å². The fraction of sp³-hybridized carbons (Fsp3) is 0.154. The first kappa shape index (κ1) is 21.5. The van der Waals surface area contributed by atoms with E-state index in [0.717, 1.165) is 10.9 Å². The second-order valence-corrected chi connectivity index (χ2v) is 7.96. The summed E-state index contributed by atoms with van der Waals surface area (Å²) >= 11 is 0. The molecule has 1 aromatic heterocycles. The van der Waals surface area contributed by atoms with Gasteiger partial charge in [-0.1, -0.05) is 42.5 Å². The second kappa shape index (κ2) is 9.27. The van der Waals surface area contributed by atoms with Gasteiger partial charge in [-0.2, -0.15) is 0 Å². The van der Waals surface area contributed by atoms with Gasteiger partial charge < -0.3 is 24.7 Å². The lowest BCUT2D eigenvalue weighted by Gasteiger charge is -2.24. The second-order valence-electron chi connectivity index (χ2n) is 7.96. The van der Waals surface area contributed by atoms with E-state index in [1.54, 1.807) is 24.3 Å². The first-order chi connectivity index (χ1) is 16.6. The van der Waals surface area contributed by atoms with Crippen LogP contribution in [0.15, 0.2) is 77.6 Å². The molecule has 2 amide bonds. The first-order valence-electron chi connectivity index (χ1n) is 10.9. The van der Waals surface area contributed by atoms with Gasteiger partial charge in [0.05, 0.1) is 17.7 Å². The van der Waals surface area contributed by atoms with E-state index in [1.807, 2.05) is 36.4 Å². The molecular weight excluding hydrogens is 437 g/mol. The number of nitrogens with zero attached hydrogens (tertiary/aromatic N) is 1. The number of ether oxygens (including phenoxy) is 2. The number of H-pyrrole nitrogens is 1. The van der Waals surface area contributed by atoms with Crippen molar-refractivity contribution >= 4 is 22.6 Å². The Balaban J connectivity index is 1.47. The van der Waals surface area contributed by atoms with Gasteiger partial charge in [0.1, 0.15) is 19.0 Å². The summed E-state index contributed by atoms with van der Waals surface area (Å²) in [6.07, 6.45) is 0. The zero-order valence-corrected chi connectivity index (χ0v) is 18.2. The van der Waals surface area contributed by atoms with Gasteiger partial charge >= 0.3 is 6.03 Å². The van der Waals surface area contributed by atoms with Crippen LogP contribution in [0.25, 0.3) is 10.9 Å². The summed E-state index contributed by atoms with van der Waals surface area (Å²) in [5.41, 5.74) is 1.64. The van der Waals surface area contributed by atoms with Crippen LogP contribution in [0.4, 0.5) is 14.9 Å². The SMILES string of the molecule is O=C(Nc1ccccc1F)N(Cc1ccccc1)Cc1cc2cc3c(cc2[nH]c1=O)OCCO3. The van der Waals surface area contributed by atoms with Crippen LogP contribution < -0.4 is 20.3 Å². The van der Waals surface area contributed by atoms with Crippen LogP contribution in [0.5, 0.6) is 11.5 Å². The van der Waals surface area contributed by atoms with E-state index in [-0.39, 0.29) is 24.3 Å². The number of para-hydroxylation sites is 1. The van der Waals surface area contributed by atoms with E-state index in [4.69, 9.17) is 9.47 Å². The van der Waals surface area contributed by atoms with E-state index in [2.05, 4.69) is 10.3 Å². The Kier molecular flexibility index (Phi) is 5.86. The predicted octanol–water partition coefficient (Wildman–Crippen LogP) is 4.67. The molecule has 7 nitrogen and oxygen atoms in total. The summed E-state index contributed by atoms with van der Waals surface area (Å²) in [6.45, 7) is 1.16. The average Bonchev–Trinajstić information content (AvgIpc) is 2.85. The lowest BCUT2D eigenvalue weighted by molar-refractivity contribution is 0.172. The van der Waals surface area contributed by atoms with Gasteiger partial charge in [-0.25, -0.2) is 9.18 Å². The van der Waals surface area contributed by atoms with Crippen LogP contribution in [0.3, 0.4) is 0 Å². The number of hydrogen-bond donors (Lipinski definition) is 2. The maximum atomic E-state index is 14.1. The van der Waals surface area contributed by atoms with E-state index in [0.29, 0.717) is 35.8 Å². The zero-order valence-electron chi connectivity index (χ0n) is 18.2. The molecule has 34 heavy (non-hydrogen) atoms. The number of carbonyl (C=O) groups is 1. The number of anilines is 1. The molecular formula is C26H22FN3O4. The highest BCUT2D eigenvalue weighted by Crippen LogP contribution is 2.33. The third-order valence-corrected chi connectivity index (χ3v) is 5.56. The Morgan fingerprint density at radius 3 is 2.41 bits per heavy atom. The van der Waals surface area contributed by atoms with Gasteiger partial charge in [-0.3, -0.25) is 4.79 Å². The molecule has 0 aliphatic carbocycles. The van der Waals surface area contributed by atoms with Crippen molar-refractivity contribution in [1.82, 2.24) is 9.88 Å². The lowest BCUT2D eigenvalue weighted by atomic mass is 10.1. The van der Waals surface area contributed by atoms with Crippen molar-refractivity contribution < 1.29 is 18.7 Å². The summed E-state index contributed by atoms with van der Waals surface area (Å²) < 4.78 is 25.4. The Morgan fingerprint density at radius 1 is 0.941 bits per heavy atom. The minimum Gasteiger partial charge on any atom is -0.486 e. The maximum absolute atomic E-state index is 14.1. The number of benzene rings is 3. The minimum atomic E-state index is -0.536. The summed E-state index contributed by atoms with van der Waals surface area (Å²) in [4.78, 5) is 30.4. The quantitative estimate of drug-likeness (QED) is 0.454. The van der Waals surface area contributed by atoms with Crippen LogP contribution >= 0.6 is 0 Å². The number of fused-ring (bicyclic) bond motifs is 2. The Morgan fingerprint density at radius 2 is 1.65 bits per heavy atom. The smallest absolute Gasteiger partial charge is 0.322 e. The maximum Gasteiger partial charge on any atom is 0.322 e. The predicted molar refractivity (Wildman–Crippen MR) is 127 cm³/mol. The number of carbonyl (C=O) groups excluding carboxylic acids is 1. The van der Waals surface area contributed by atoms with Crippen molar-refractivity contribution in [2.75, 3.05) is 18.5 Å². The fourth-order valence-electron chi connectivity index (χ4n) is 3.87. The molecule has 1 aliphatic heterocycles. The van der Waals surface area contributed by atoms with Gasteiger partial charge in [0, 0.05) is 23.6 Å². The fourth-order valence-corrected chi connectivity index (χ4v) is 3.87. The molecule has 8 heteroatoms. The topological polar surface area (TPSA) is 83.7 Å². The molecule has 0 radical (unpaired) electrons. The molecule has 0 bridgehead atoms. The van der Waals surface area contributed by atoms with Crippen molar-refractivity contribution in [1.29, 1.82) is 0 Å². The van der Waals surface area contributed by atoms with Crippen LogP contribution in [0.2, 0.25) is 0 Å². The average molecular weight is 459 g/mol. The molecule has 2 heterocycles. The van der Waals surface area contributed by atoms with Crippen molar-refractivity contribution in [3.8, 4) is 11.5 Å². The van der Waals surface area contributed by atoms with E-state index in [1.165, 1.54) is 17.0 Å². The highest BCUT2D eigenvalue weighted by Gasteiger charge is 2.19. The number of nitrogens with one attached hydrogen (secondary N) is 2. The van der Waals surface area contributed by atoms with Crippen molar-refractivity contribution in [2.24, 2.45) is 0 Å². The monoisotopic (exact) mass is 459 g/mol. The number of aromatic amines is 1. The van der Waals surface area contributed by atoms with Gasteiger partial charge in [0.25, 0.3) is 5.56 Å². The number of hydrogen-bond acceptors (Lipinski definition) is 4. The van der Waals surface area contributed by atoms with E-state index >= 15 is 0 Å². The van der Waals surface area contributed by atoms with Crippen molar-refractivity contribution in [3.63, 3.8) is 0 Å².